The number of benzene rings is 10. The van der Waals surface area contributed by atoms with E-state index in [1.807, 2.05) is 12.1 Å². The Bertz CT molecular complexity index is 3580. The van der Waals surface area contributed by atoms with Crippen molar-refractivity contribution in [3.63, 3.8) is 0 Å². The first-order chi connectivity index (χ1) is 31.3. The van der Waals surface area contributed by atoms with Gasteiger partial charge in [0.05, 0.1) is 16.7 Å². The Morgan fingerprint density at radius 3 is 1.56 bits per heavy atom. The maximum Gasteiger partial charge on any atom is 0.136 e. The van der Waals surface area contributed by atoms with Crippen LogP contribution in [-0.4, -0.2) is 4.57 Å². The second kappa shape index (κ2) is 15.3. The molecule has 0 bridgehead atoms. The van der Waals surface area contributed by atoms with E-state index in [4.69, 9.17) is 4.42 Å². The Balaban J connectivity index is 1.06. The van der Waals surface area contributed by atoms with Crippen LogP contribution in [0.2, 0.25) is 0 Å². The lowest BCUT2D eigenvalue weighted by atomic mass is 9.88. The molecule has 0 spiro atoms. The average Bonchev–Trinajstić information content (AvgIpc) is 3.91. The van der Waals surface area contributed by atoms with Crippen molar-refractivity contribution in [2.45, 2.75) is 0 Å². The molecule has 12 rings (SSSR count). The number of anilines is 3. The highest BCUT2D eigenvalue weighted by atomic mass is 16.3. The van der Waals surface area contributed by atoms with Gasteiger partial charge < -0.3 is 13.9 Å². The Kier molecular flexibility index (Phi) is 8.83. The van der Waals surface area contributed by atoms with Crippen molar-refractivity contribution < 1.29 is 4.42 Å². The molecule has 0 saturated carbocycles. The summed E-state index contributed by atoms with van der Waals surface area (Å²) in [5.74, 6) is 0. The van der Waals surface area contributed by atoms with Gasteiger partial charge >= 0.3 is 0 Å². The molecule has 63 heavy (non-hydrogen) atoms. The molecule has 2 heterocycles. The number of aromatic nitrogens is 1. The van der Waals surface area contributed by atoms with Gasteiger partial charge in [-0.2, -0.15) is 0 Å². The van der Waals surface area contributed by atoms with Gasteiger partial charge in [-0.05, 0) is 99.6 Å². The molecule has 0 aliphatic heterocycles. The Hall–Kier alpha value is -8.40. The van der Waals surface area contributed by atoms with E-state index in [2.05, 4.69) is 240 Å². The molecule has 10 aromatic carbocycles. The lowest BCUT2D eigenvalue weighted by molar-refractivity contribution is 0.669. The Labute approximate surface area is 366 Å². The average molecular weight is 805 g/mol. The van der Waals surface area contributed by atoms with Crippen LogP contribution in [0.25, 0.3) is 93.9 Å². The Morgan fingerprint density at radius 2 is 0.825 bits per heavy atom. The summed E-state index contributed by atoms with van der Waals surface area (Å²) in [5, 5.41) is 4.74. The van der Waals surface area contributed by atoms with Crippen molar-refractivity contribution in [3.05, 3.63) is 243 Å². The fourth-order valence-corrected chi connectivity index (χ4v) is 9.64. The quantitative estimate of drug-likeness (QED) is 0.153. The summed E-state index contributed by atoms with van der Waals surface area (Å²) in [4.78, 5) is 2.42. The van der Waals surface area contributed by atoms with E-state index in [9.17, 15) is 0 Å². The highest BCUT2D eigenvalue weighted by Crippen LogP contribution is 2.46. The zero-order chi connectivity index (χ0) is 41.7. The van der Waals surface area contributed by atoms with E-state index < -0.39 is 0 Å². The van der Waals surface area contributed by atoms with Gasteiger partial charge in [-0.15, -0.1) is 0 Å². The smallest absolute Gasteiger partial charge is 0.136 e. The highest BCUT2D eigenvalue weighted by molar-refractivity contribution is 6.13. The molecule has 0 unspecified atom stereocenters. The molecule has 0 N–H and O–H groups in total. The molecule has 0 aliphatic rings. The number of fused-ring (bicyclic) bond motifs is 6. The van der Waals surface area contributed by atoms with Gasteiger partial charge in [0.2, 0.25) is 0 Å². The second-order valence-electron chi connectivity index (χ2n) is 16.0. The number of hydrogen-bond acceptors (Lipinski definition) is 2. The van der Waals surface area contributed by atoms with E-state index >= 15 is 0 Å². The zero-order valence-electron chi connectivity index (χ0n) is 34.4. The first kappa shape index (κ1) is 36.5. The SMILES string of the molecule is c1ccc(-c2ccccc2-c2ccccc2-c2ccccc2N(c2ccc(-c3cccc4oc5ccccc5c34)cc2)c2cccc(-n3c4ccccc4c4ccccc43)c2)cc1. The van der Waals surface area contributed by atoms with Crippen molar-refractivity contribution in [2.24, 2.45) is 0 Å². The minimum Gasteiger partial charge on any atom is -0.456 e. The van der Waals surface area contributed by atoms with Crippen LogP contribution in [0, 0.1) is 0 Å². The number of hydrogen-bond donors (Lipinski definition) is 0. The van der Waals surface area contributed by atoms with Crippen molar-refractivity contribution in [3.8, 4) is 50.2 Å². The van der Waals surface area contributed by atoms with Gasteiger partial charge in [0.25, 0.3) is 0 Å². The molecule has 0 radical (unpaired) electrons. The Morgan fingerprint density at radius 1 is 0.317 bits per heavy atom. The molecule has 12 aromatic rings. The maximum absolute atomic E-state index is 6.31. The van der Waals surface area contributed by atoms with Gasteiger partial charge in [-0.1, -0.05) is 182 Å². The summed E-state index contributed by atoms with van der Waals surface area (Å²) < 4.78 is 8.70. The lowest BCUT2D eigenvalue weighted by Gasteiger charge is -2.29. The third kappa shape index (κ3) is 6.21. The van der Waals surface area contributed by atoms with Gasteiger partial charge in [0.15, 0.2) is 0 Å². The molecule has 0 aliphatic carbocycles. The first-order valence-electron chi connectivity index (χ1n) is 21.5. The van der Waals surface area contributed by atoms with Crippen LogP contribution in [0.4, 0.5) is 17.1 Å². The van der Waals surface area contributed by atoms with E-state index in [0.717, 1.165) is 66.9 Å². The summed E-state index contributed by atoms with van der Waals surface area (Å²) in [5.41, 5.74) is 17.8. The third-order valence-electron chi connectivity index (χ3n) is 12.4. The lowest BCUT2D eigenvalue weighted by Crippen LogP contribution is -2.12. The molecule has 3 heteroatoms. The van der Waals surface area contributed by atoms with E-state index in [-0.39, 0.29) is 0 Å². The largest absolute Gasteiger partial charge is 0.456 e. The van der Waals surface area contributed by atoms with Crippen molar-refractivity contribution >= 4 is 60.8 Å². The van der Waals surface area contributed by atoms with Crippen LogP contribution in [0.3, 0.4) is 0 Å². The third-order valence-corrected chi connectivity index (χ3v) is 12.4. The summed E-state index contributed by atoms with van der Waals surface area (Å²) >= 11 is 0. The summed E-state index contributed by atoms with van der Waals surface area (Å²) in [6.07, 6.45) is 0. The molecular formula is C60H40N2O. The molecular weight excluding hydrogens is 765 g/mol. The van der Waals surface area contributed by atoms with Crippen LogP contribution in [-0.2, 0) is 0 Å². The van der Waals surface area contributed by atoms with E-state index in [1.165, 1.54) is 44.1 Å². The molecule has 0 fully saturated rings. The van der Waals surface area contributed by atoms with Crippen LogP contribution in [0.5, 0.6) is 0 Å². The first-order valence-corrected chi connectivity index (χ1v) is 21.5. The monoisotopic (exact) mass is 804 g/mol. The van der Waals surface area contributed by atoms with Gasteiger partial charge in [-0.25, -0.2) is 0 Å². The van der Waals surface area contributed by atoms with Crippen LogP contribution in [0.15, 0.2) is 247 Å². The minimum absolute atomic E-state index is 0.891. The number of para-hydroxylation sites is 4. The number of nitrogens with zero attached hydrogens (tertiary/aromatic N) is 2. The highest BCUT2D eigenvalue weighted by Gasteiger charge is 2.22. The molecule has 0 atom stereocenters. The summed E-state index contributed by atoms with van der Waals surface area (Å²) in [6.45, 7) is 0. The van der Waals surface area contributed by atoms with Crippen molar-refractivity contribution in [1.29, 1.82) is 0 Å². The van der Waals surface area contributed by atoms with E-state index in [1.54, 1.807) is 0 Å². The standard InChI is InChI=1S/C60H40N2O/c1-2-18-41(19-3-1)46-22-4-5-23-48(46)49-24-6-7-25-50(49)51-26-8-12-31-55(51)61(43-38-36-42(37-39-43)47-30-17-35-59-60(47)54-29-11-15-34-58(54)63-59)44-20-16-21-45(40-44)62-56-32-13-9-27-52(56)53-28-10-14-33-57(53)62/h1-40H. The number of rotatable bonds is 8. The zero-order valence-corrected chi connectivity index (χ0v) is 34.4. The van der Waals surface area contributed by atoms with E-state index in [0.29, 0.717) is 0 Å². The molecule has 2 aromatic heterocycles. The summed E-state index contributed by atoms with van der Waals surface area (Å²) in [7, 11) is 0. The number of furan rings is 1. The summed E-state index contributed by atoms with van der Waals surface area (Å²) in [6, 6.07) is 87.2. The second-order valence-corrected chi connectivity index (χ2v) is 16.0. The molecule has 0 amide bonds. The van der Waals surface area contributed by atoms with Gasteiger partial charge in [-0.3, -0.25) is 0 Å². The van der Waals surface area contributed by atoms with Crippen LogP contribution >= 0.6 is 0 Å². The normalized spacial score (nSPS) is 11.5. The van der Waals surface area contributed by atoms with Crippen molar-refractivity contribution in [2.75, 3.05) is 4.90 Å². The minimum atomic E-state index is 0.891. The predicted molar refractivity (Wildman–Crippen MR) is 264 cm³/mol. The van der Waals surface area contributed by atoms with Gasteiger partial charge in [0, 0.05) is 44.2 Å². The van der Waals surface area contributed by atoms with Crippen LogP contribution < -0.4 is 4.90 Å². The van der Waals surface area contributed by atoms with Gasteiger partial charge in [0.1, 0.15) is 11.2 Å². The van der Waals surface area contributed by atoms with Crippen molar-refractivity contribution in [1.82, 2.24) is 4.57 Å². The molecule has 296 valence electrons. The molecule has 0 saturated heterocycles. The van der Waals surface area contributed by atoms with Crippen LogP contribution in [0.1, 0.15) is 0 Å². The topological polar surface area (TPSA) is 21.3 Å². The maximum atomic E-state index is 6.31. The predicted octanol–water partition coefficient (Wildman–Crippen LogP) is 16.8. The fourth-order valence-electron chi connectivity index (χ4n) is 9.64. The fraction of sp³-hybridized carbons (Fsp3) is 0. The molecule has 3 nitrogen and oxygen atoms in total.